The topological polar surface area (TPSA) is 27.9 Å². The van der Waals surface area contributed by atoms with Crippen molar-refractivity contribution in [2.45, 2.75) is 58.0 Å². The van der Waals surface area contributed by atoms with E-state index in [0.29, 0.717) is 12.1 Å². The molecule has 39 heavy (non-hydrogen) atoms. The Hall–Kier alpha value is -2.97. The summed E-state index contributed by atoms with van der Waals surface area (Å²) in [6.45, 7) is 13.2. The van der Waals surface area contributed by atoms with E-state index < -0.39 is 0 Å². The summed E-state index contributed by atoms with van der Waals surface area (Å²) >= 11 is 6.34. The van der Waals surface area contributed by atoms with Crippen LogP contribution in [0.15, 0.2) is 66.7 Å². The molecule has 5 rings (SSSR count). The van der Waals surface area contributed by atoms with Gasteiger partial charge < -0.3 is 0 Å². The number of likely N-dealkylation sites (tertiary alicyclic amines) is 1. The number of rotatable bonds is 9. The van der Waals surface area contributed by atoms with Gasteiger partial charge in [0.2, 0.25) is 0 Å². The van der Waals surface area contributed by atoms with Crippen molar-refractivity contribution in [2.24, 2.45) is 5.92 Å². The maximum atomic E-state index is 13.1. The van der Waals surface area contributed by atoms with Crippen LogP contribution in [0.1, 0.15) is 64.7 Å². The molecule has 3 aromatic carbocycles. The first-order chi connectivity index (χ1) is 19.1. The van der Waals surface area contributed by atoms with Crippen LogP contribution in [-0.2, 0) is 25.9 Å². The summed E-state index contributed by atoms with van der Waals surface area (Å²) in [4.78, 5) is 21.5. The Kier molecular flexibility index (Phi) is 9.48. The molecule has 2 aliphatic heterocycles. The molecule has 0 bridgehead atoms. The molecule has 0 unspecified atom stereocenters. The fraction of sp³-hybridized carbons (Fsp3) is 0.412. The summed E-state index contributed by atoms with van der Waals surface area (Å²) < 4.78 is 0. The summed E-state index contributed by atoms with van der Waals surface area (Å²) in [5, 5.41) is 0.859. The van der Waals surface area contributed by atoms with Crippen molar-refractivity contribution in [3.8, 4) is 0 Å². The number of benzene rings is 3. The van der Waals surface area contributed by atoms with Crippen molar-refractivity contribution in [3.05, 3.63) is 111 Å². The Morgan fingerprint density at radius 2 is 1.59 bits per heavy atom. The molecule has 0 amide bonds. The number of Topliss-reactive ketones (excluding diaryl/α,β-unsaturated/α-hetero) is 1. The molecular weight excluding hydrogens is 502 g/mol. The number of carbonyl (C=O) groups is 1. The van der Waals surface area contributed by atoms with E-state index in [4.69, 9.17) is 18.2 Å². The molecule has 2 aliphatic rings. The molecule has 0 aromatic heterocycles. The molecule has 0 radical (unpaired) electrons. The fourth-order valence-corrected chi connectivity index (χ4v) is 6.23. The summed E-state index contributed by atoms with van der Waals surface area (Å²) in [7, 11) is 0. The van der Waals surface area contributed by atoms with Gasteiger partial charge in [0.05, 0.1) is 6.57 Å². The highest BCUT2D eigenvalue weighted by Crippen LogP contribution is 2.26. The molecule has 1 saturated heterocycles. The van der Waals surface area contributed by atoms with Crippen LogP contribution in [0.4, 0.5) is 5.69 Å². The summed E-state index contributed by atoms with van der Waals surface area (Å²) in [5.41, 5.74) is 6.73. The number of piperidine rings is 1. The Bertz CT molecular complexity index is 1300. The van der Waals surface area contributed by atoms with Crippen molar-refractivity contribution in [1.82, 2.24) is 9.80 Å². The number of hydrogen-bond donors (Lipinski definition) is 0. The second-order valence-electron chi connectivity index (χ2n) is 11.2. The van der Waals surface area contributed by atoms with Crippen molar-refractivity contribution >= 4 is 23.1 Å². The summed E-state index contributed by atoms with van der Waals surface area (Å²) in [5.74, 6) is 1.01. The fourth-order valence-electron chi connectivity index (χ4n) is 6.03. The highest BCUT2D eigenvalue weighted by molar-refractivity contribution is 6.31. The standard InChI is InChI=1S/C34H38ClN3O/c1-36-32-13-9-27(10-14-32)24-37-21-17-28-11-12-30(23-29(28)18-22-37)34(39)8-4-5-26-15-19-38(20-16-26)25-31-6-2-3-7-33(31)35/h2-3,6-7,9-14,23,26H,4-5,8,15-22,24-25H2. The minimum atomic E-state index is 0.287. The first-order valence-corrected chi connectivity index (χ1v) is 14.7. The second-order valence-corrected chi connectivity index (χ2v) is 11.6. The van der Waals surface area contributed by atoms with Crippen LogP contribution in [-0.4, -0.2) is 41.8 Å². The number of hydrogen-bond acceptors (Lipinski definition) is 3. The van der Waals surface area contributed by atoms with Gasteiger partial charge in [-0.1, -0.05) is 66.2 Å². The zero-order valence-electron chi connectivity index (χ0n) is 22.7. The third-order valence-corrected chi connectivity index (χ3v) is 8.84. The number of ketones is 1. The lowest BCUT2D eigenvalue weighted by atomic mass is 9.90. The Labute approximate surface area is 238 Å². The lowest BCUT2D eigenvalue weighted by Crippen LogP contribution is -2.33. The van der Waals surface area contributed by atoms with Crippen molar-refractivity contribution in [1.29, 1.82) is 0 Å². The van der Waals surface area contributed by atoms with Gasteiger partial charge in [0, 0.05) is 43.2 Å². The van der Waals surface area contributed by atoms with Crippen LogP contribution in [0.2, 0.25) is 5.02 Å². The lowest BCUT2D eigenvalue weighted by molar-refractivity contribution is 0.0974. The van der Waals surface area contributed by atoms with Crippen LogP contribution < -0.4 is 0 Å². The van der Waals surface area contributed by atoms with Gasteiger partial charge in [-0.15, -0.1) is 0 Å². The molecular formula is C34H38ClN3O. The van der Waals surface area contributed by atoms with E-state index in [-0.39, 0.29) is 5.78 Å². The lowest BCUT2D eigenvalue weighted by Gasteiger charge is -2.32. The quantitative estimate of drug-likeness (QED) is 0.205. The van der Waals surface area contributed by atoms with E-state index >= 15 is 0 Å². The van der Waals surface area contributed by atoms with Gasteiger partial charge in [-0.25, -0.2) is 4.85 Å². The van der Waals surface area contributed by atoms with Crippen LogP contribution in [0.3, 0.4) is 0 Å². The minimum absolute atomic E-state index is 0.287. The molecule has 5 heteroatoms. The van der Waals surface area contributed by atoms with Gasteiger partial charge in [-0.3, -0.25) is 14.6 Å². The molecule has 0 atom stereocenters. The Morgan fingerprint density at radius 1 is 0.872 bits per heavy atom. The van der Waals surface area contributed by atoms with Gasteiger partial charge in [-0.2, -0.15) is 0 Å². The Balaban J connectivity index is 1.05. The summed E-state index contributed by atoms with van der Waals surface area (Å²) in [6, 6.07) is 22.5. The van der Waals surface area contributed by atoms with E-state index in [1.54, 1.807) is 0 Å². The highest BCUT2D eigenvalue weighted by Gasteiger charge is 2.21. The highest BCUT2D eigenvalue weighted by atomic mass is 35.5. The van der Waals surface area contributed by atoms with Crippen LogP contribution in [0.5, 0.6) is 0 Å². The number of carbonyl (C=O) groups excluding carboxylic acids is 1. The van der Waals surface area contributed by atoms with Gasteiger partial charge in [0.1, 0.15) is 0 Å². The van der Waals surface area contributed by atoms with E-state index in [0.717, 1.165) is 81.5 Å². The number of fused-ring (bicyclic) bond motifs is 1. The van der Waals surface area contributed by atoms with E-state index in [1.807, 2.05) is 30.3 Å². The van der Waals surface area contributed by atoms with Crippen LogP contribution in [0, 0.1) is 12.5 Å². The molecule has 3 aromatic rings. The number of nitrogens with zero attached hydrogens (tertiary/aromatic N) is 3. The molecule has 4 nitrogen and oxygen atoms in total. The monoisotopic (exact) mass is 539 g/mol. The minimum Gasteiger partial charge on any atom is -0.299 e. The third kappa shape index (κ3) is 7.57. The van der Waals surface area contributed by atoms with Crippen LogP contribution in [0.25, 0.3) is 4.85 Å². The average Bonchev–Trinajstić information content (AvgIpc) is 3.17. The zero-order chi connectivity index (χ0) is 27.0. The SMILES string of the molecule is [C-]#[N+]c1ccc(CN2CCc3ccc(C(=O)CCCC4CCN(Cc5ccccc5Cl)CC4)cc3CC2)cc1. The first kappa shape index (κ1) is 27.6. The predicted octanol–water partition coefficient (Wildman–Crippen LogP) is 7.76. The van der Waals surface area contributed by atoms with Crippen molar-refractivity contribution in [2.75, 3.05) is 26.2 Å². The van der Waals surface area contributed by atoms with Crippen molar-refractivity contribution in [3.63, 3.8) is 0 Å². The van der Waals surface area contributed by atoms with Crippen molar-refractivity contribution < 1.29 is 4.79 Å². The molecule has 0 spiro atoms. The van der Waals surface area contributed by atoms with E-state index in [1.165, 1.54) is 35.1 Å². The van der Waals surface area contributed by atoms with Gasteiger partial charge >= 0.3 is 0 Å². The molecule has 0 saturated carbocycles. The normalized spacial score (nSPS) is 16.8. The van der Waals surface area contributed by atoms with Gasteiger partial charge in [0.25, 0.3) is 0 Å². The van der Waals surface area contributed by atoms with E-state index in [9.17, 15) is 4.79 Å². The first-order valence-electron chi connectivity index (χ1n) is 14.4. The third-order valence-electron chi connectivity index (χ3n) is 8.47. The molecule has 202 valence electrons. The zero-order valence-corrected chi connectivity index (χ0v) is 23.5. The maximum Gasteiger partial charge on any atom is 0.187 e. The molecule has 2 heterocycles. The largest absolute Gasteiger partial charge is 0.299 e. The van der Waals surface area contributed by atoms with Gasteiger partial charge in [-0.05, 0) is 91.9 Å². The smallest absolute Gasteiger partial charge is 0.187 e. The predicted molar refractivity (Wildman–Crippen MR) is 159 cm³/mol. The molecule has 0 N–H and O–H groups in total. The molecule has 0 aliphatic carbocycles. The molecule has 1 fully saturated rings. The summed E-state index contributed by atoms with van der Waals surface area (Å²) in [6.07, 6.45) is 7.16. The average molecular weight is 540 g/mol. The van der Waals surface area contributed by atoms with Crippen LogP contribution >= 0.6 is 11.6 Å². The van der Waals surface area contributed by atoms with E-state index in [2.05, 4.69) is 51.0 Å². The number of halogens is 1. The second kappa shape index (κ2) is 13.4. The van der Waals surface area contributed by atoms with Gasteiger partial charge in [0.15, 0.2) is 11.5 Å². The maximum absolute atomic E-state index is 13.1. The Morgan fingerprint density at radius 3 is 2.33 bits per heavy atom.